The van der Waals surface area contributed by atoms with Gasteiger partial charge in [-0.05, 0) is 30.4 Å². The molecule has 3 rings (SSSR count). The molecule has 162 valence electrons. The van der Waals surface area contributed by atoms with E-state index in [1.54, 1.807) is 11.3 Å². The molecule has 2 heterocycles. The molecule has 30 heavy (non-hydrogen) atoms. The molecule has 3 N–H and O–H groups in total. The third kappa shape index (κ3) is 3.81. The molecular formula is C22H29N3O4S. The van der Waals surface area contributed by atoms with E-state index >= 15 is 0 Å². The number of rotatable bonds is 4. The Morgan fingerprint density at radius 3 is 2.43 bits per heavy atom. The van der Waals surface area contributed by atoms with Crippen LogP contribution in [0, 0.1) is 12.3 Å². The van der Waals surface area contributed by atoms with Crippen molar-refractivity contribution >= 4 is 23.3 Å². The van der Waals surface area contributed by atoms with Crippen LogP contribution < -0.4 is 5.32 Å². The number of aliphatic hydroxyl groups is 1. The fourth-order valence-corrected chi connectivity index (χ4v) is 5.10. The minimum atomic E-state index is -1.34. The Balaban J connectivity index is 1.84. The molecule has 0 aliphatic carbocycles. The first kappa shape index (κ1) is 22.2. The fraction of sp³-hybridized carbons (Fsp3) is 0.500. The molecular weight excluding hydrogens is 402 g/mol. The smallest absolute Gasteiger partial charge is 0.408 e. The number of hydrogen-bond donors (Lipinski definition) is 3. The number of nitrogens with zero attached hydrogens (tertiary/aromatic N) is 2. The van der Waals surface area contributed by atoms with Gasteiger partial charge in [-0.15, -0.1) is 11.3 Å². The second-order valence-corrected chi connectivity index (χ2v) is 9.80. The zero-order valence-corrected chi connectivity index (χ0v) is 18.8. The van der Waals surface area contributed by atoms with Crippen molar-refractivity contribution in [1.29, 1.82) is 0 Å². The average Bonchev–Trinajstić information content (AvgIpc) is 3.25. The minimum Gasteiger partial charge on any atom is -0.465 e. The molecule has 2 unspecified atom stereocenters. The van der Waals surface area contributed by atoms with Gasteiger partial charge in [-0.1, -0.05) is 45.0 Å². The van der Waals surface area contributed by atoms with Gasteiger partial charge in [0.15, 0.2) is 0 Å². The number of aliphatic hydroxyl groups excluding tert-OH is 1. The average molecular weight is 432 g/mol. The van der Waals surface area contributed by atoms with Gasteiger partial charge in [-0.25, -0.2) is 9.78 Å². The second kappa shape index (κ2) is 8.00. The number of likely N-dealkylation sites (tertiary alicyclic amines) is 1. The van der Waals surface area contributed by atoms with Gasteiger partial charge in [-0.3, -0.25) is 9.69 Å². The van der Waals surface area contributed by atoms with E-state index in [0.717, 1.165) is 26.6 Å². The number of nitrogens with one attached hydrogen (secondary N) is 1. The largest absolute Gasteiger partial charge is 0.465 e. The Kier molecular flexibility index (Phi) is 5.93. The maximum absolute atomic E-state index is 13.4. The van der Waals surface area contributed by atoms with Gasteiger partial charge in [-0.2, -0.15) is 0 Å². The summed E-state index contributed by atoms with van der Waals surface area (Å²) in [5.74, 6) is -0.385. The zero-order valence-electron chi connectivity index (χ0n) is 18.0. The molecule has 0 bridgehead atoms. The van der Waals surface area contributed by atoms with Gasteiger partial charge in [0.25, 0.3) is 0 Å². The van der Waals surface area contributed by atoms with Gasteiger partial charge in [0.05, 0.1) is 34.8 Å². The highest BCUT2D eigenvalue weighted by atomic mass is 32.1. The van der Waals surface area contributed by atoms with Crippen LogP contribution in [0.4, 0.5) is 4.79 Å². The van der Waals surface area contributed by atoms with Crippen molar-refractivity contribution in [3.63, 3.8) is 0 Å². The Bertz CT molecular complexity index is 935. The highest BCUT2D eigenvalue weighted by Crippen LogP contribution is 2.44. The highest BCUT2D eigenvalue weighted by Gasteiger charge is 2.60. The molecule has 1 aliphatic rings. The number of hydrogen-bond acceptors (Lipinski definition) is 5. The quantitative estimate of drug-likeness (QED) is 0.683. The van der Waals surface area contributed by atoms with E-state index in [2.05, 4.69) is 10.3 Å². The summed E-state index contributed by atoms with van der Waals surface area (Å²) in [6.45, 7) is 9.26. The lowest BCUT2D eigenvalue weighted by atomic mass is 9.70. The first-order chi connectivity index (χ1) is 14.0. The van der Waals surface area contributed by atoms with Crippen LogP contribution in [-0.4, -0.2) is 50.3 Å². The second-order valence-electron chi connectivity index (χ2n) is 8.95. The number of carbonyl (C=O) groups is 2. The van der Waals surface area contributed by atoms with E-state index in [9.17, 15) is 19.8 Å². The Labute approximate surface area is 180 Å². The lowest BCUT2D eigenvalue weighted by molar-refractivity contribution is -0.138. The van der Waals surface area contributed by atoms with Crippen LogP contribution in [0.2, 0.25) is 0 Å². The Morgan fingerprint density at radius 1 is 1.30 bits per heavy atom. The van der Waals surface area contributed by atoms with Crippen LogP contribution in [-0.2, 0) is 4.79 Å². The standard InChI is InChI=1S/C22H29N3O4S/c1-13(15-6-8-16(9-7-15)18-14(2)23-12-30-18)24-19(27)22(21(3,4)5)10-17(26)11-25(22)20(28)29/h6-9,12-13,17,26H,10-11H2,1-5H3,(H,24,27)(H,28,29)/t13-,17?,22?/m0/s1. The van der Waals surface area contributed by atoms with Crippen molar-refractivity contribution in [2.24, 2.45) is 5.41 Å². The van der Waals surface area contributed by atoms with Crippen molar-refractivity contribution in [3.8, 4) is 10.4 Å². The molecule has 1 aromatic heterocycles. The van der Waals surface area contributed by atoms with E-state index in [0.29, 0.717) is 0 Å². The molecule has 1 saturated heterocycles. The summed E-state index contributed by atoms with van der Waals surface area (Å²) in [5, 5.41) is 22.9. The van der Waals surface area contributed by atoms with Crippen LogP contribution in [0.3, 0.4) is 0 Å². The maximum atomic E-state index is 13.4. The van der Waals surface area contributed by atoms with Crippen LogP contribution in [0.1, 0.15) is 51.4 Å². The number of benzene rings is 1. The van der Waals surface area contributed by atoms with E-state index < -0.39 is 23.2 Å². The number of aryl methyl sites for hydroxylation is 1. The topological polar surface area (TPSA) is 103 Å². The molecule has 1 aliphatic heterocycles. The van der Waals surface area contributed by atoms with Crippen LogP contribution in [0.5, 0.6) is 0 Å². The van der Waals surface area contributed by atoms with Gasteiger partial charge in [0.2, 0.25) is 5.91 Å². The normalized spacial score (nSPS) is 22.7. The van der Waals surface area contributed by atoms with Crippen molar-refractivity contribution < 1.29 is 19.8 Å². The van der Waals surface area contributed by atoms with Gasteiger partial charge < -0.3 is 15.5 Å². The summed E-state index contributed by atoms with van der Waals surface area (Å²) in [6, 6.07) is 7.60. The number of amides is 2. The van der Waals surface area contributed by atoms with Crippen molar-refractivity contribution in [2.75, 3.05) is 6.54 Å². The summed E-state index contributed by atoms with van der Waals surface area (Å²) >= 11 is 1.58. The monoisotopic (exact) mass is 431 g/mol. The molecule has 8 heteroatoms. The molecule has 0 spiro atoms. The summed E-state index contributed by atoms with van der Waals surface area (Å²) in [7, 11) is 0. The maximum Gasteiger partial charge on any atom is 0.408 e. The van der Waals surface area contributed by atoms with Gasteiger partial charge in [0.1, 0.15) is 5.54 Å². The molecule has 2 aromatic rings. The summed E-state index contributed by atoms with van der Waals surface area (Å²) < 4.78 is 0. The third-order valence-electron chi connectivity index (χ3n) is 6.00. The molecule has 1 fully saturated rings. The van der Waals surface area contributed by atoms with E-state index in [1.165, 1.54) is 0 Å². The van der Waals surface area contributed by atoms with Crippen LogP contribution in [0.15, 0.2) is 29.8 Å². The van der Waals surface area contributed by atoms with E-state index in [1.807, 2.05) is 64.4 Å². The first-order valence-electron chi connectivity index (χ1n) is 9.97. The van der Waals surface area contributed by atoms with Crippen LogP contribution in [0.25, 0.3) is 10.4 Å². The lowest BCUT2D eigenvalue weighted by Crippen LogP contribution is -2.64. The number of carbonyl (C=O) groups excluding carboxylic acids is 1. The summed E-state index contributed by atoms with van der Waals surface area (Å²) in [4.78, 5) is 31.8. The summed E-state index contributed by atoms with van der Waals surface area (Å²) in [5.41, 5.74) is 2.75. The van der Waals surface area contributed by atoms with Gasteiger partial charge in [0, 0.05) is 6.42 Å². The number of thiazole rings is 1. The third-order valence-corrected chi connectivity index (χ3v) is 6.98. The van der Waals surface area contributed by atoms with E-state index in [-0.39, 0.29) is 24.9 Å². The molecule has 2 amide bonds. The van der Waals surface area contributed by atoms with Crippen molar-refractivity contribution in [1.82, 2.24) is 15.2 Å². The Morgan fingerprint density at radius 2 is 1.93 bits per heavy atom. The first-order valence-corrected chi connectivity index (χ1v) is 10.9. The molecule has 1 aromatic carbocycles. The number of aromatic nitrogens is 1. The molecule has 3 atom stereocenters. The van der Waals surface area contributed by atoms with Crippen molar-refractivity contribution in [2.45, 2.75) is 58.7 Å². The van der Waals surface area contributed by atoms with Gasteiger partial charge >= 0.3 is 6.09 Å². The number of β-amino-alcohol motifs (C(OH)–C–C–N with tert-alkyl or cyclic N) is 1. The predicted octanol–water partition coefficient (Wildman–Crippen LogP) is 3.83. The molecule has 0 radical (unpaired) electrons. The lowest BCUT2D eigenvalue weighted by Gasteiger charge is -2.45. The summed E-state index contributed by atoms with van der Waals surface area (Å²) in [6.07, 6.45) is -2.00. The zero-order chi connectivity index (χ0) is 22.3. The van der Waals surface area contributed by atoms with E-state index in [4.69, 9.17) is 0 Å². The predicted molar refractivity (Wildman–Crippen MR) is 116 cm³/mol. The van der Waals surface area contributed by atoms with Crippen molar-refractivity contribution in [3.05, 3.63) is 41.0 Å². The van der Waals surface area contributed by atoms with Crippen LogP contribution >= 0.6 is 11.3 Å². The minimum absolute atomic E-state index is 0.0721. The SMILES string of the molecule is Cc1ncsc1-c1ccc([C@H](C)NC(=O)C2(C(C)(C)C)CC(O)CN2C(=O)O)cc1. The molecule has 7 nitrogen and oxygen atoms in total. The fourth-order valence-electron chi connectivity index (χ4n) is 4.29. The molecule has 0 saturated carbocycles. The Hall–Kier alpha value is -2.45. The number of carboxylic acid groups (broad SMARTS) is 1. The highest BCUT2D eigenvalue weighted by molar-refractivity contribution is 7.13.